The molecule has 3 aliphatic heterocycles. The predicted molar refractivity (Wildman–Crippen MR) is 189 cm³/mol. The van der Waals surface area contributed by atoms with E-state index in [1.54, 1.807) is 14.1 Å². The molecule has 0 aromatic heterocycles. The maximum absolute atomic E-state index is 14.1. The summed E-state index contributed by atoms with van der Waals surface area (Å²) >= 11 is 0. The SMILES string of the molecule is CNCCN(C)C(=O)COCC(=O)[C@]1(O)Cc2c(O)c3c(c(O)c2[C@@H](O[C@H]2C[C@H]4[C@H](OC5[C@@H](OC)OCCN54)[C@H](C)O2)C1)C(=O)c1c(OC)cccc1C3=O. The standard InChI is InChI=1S/C38H47N3O14/c1-18-35-21(41-11-12-52-37(50-5)36(41)55-35)13-26(53-18)54-23-15-38(48,24(42)16-51-17-25(43)40(3)10-9-39-2)14-20-28(23)34(47)30-29(32(20)45)31(44)19-7-6-8-22(49-4)27(19)33(30)46/h6-8,18,21,23,26,35-37,39,45,47-48H,9-17H2,1-5H3/t18-,21-,23-,26-,35+,36?,37-,38-/m0/s1. The number of likely N-dealkylation sites (N-methyl/N-ethyl adjacent to an activating group) is 2. The Hall–Kier alpha value is -4.04. The molecule has 0 bridgehead atoms. The van der Waals surface area contributed by atoms with Crippen LogP contribution in [-0.2, 0) is 44.4 Å². The van der Waals surface area contributed by atoms with Gasteiger partial charge in [-0.1, -0.05) is 12.1 Å². The van der Waals surface area contributed by atoms with E-state index in [0.717, 1.165) is 0 Å². The van der Waals surface area contributed by atoms with Crippen LogP contribution in [0.4, 0.5) is 0 Å². The van der Waals surface area contributed by atoms with Gasteiger partial charge in [0.15, 0.2) is 30.4 Å². The van der Waals surface area contributed by atoms with Crippen LogP contribution in [0.2, 0.25) is 0 Å². The topological polar surface area (TPSA) is 212 Å². The number of hydrogen-bond donors (Lipinski definition) is 4. The van der Waals surface area contributed by atoms with Gasteiger partial charge in [0.05, 0.1) is 42.6 Å². The summed E-state index contributed by atoms with van der Waals surface area (Å²) in [6, 6.07) is 4.24. The first-order chi connectivity index (χ1) is 26.3. The van der Waals surface area contributed by atoms with E-state index in [1.807, 2.05) is 6.92 Å². The highest BCUT2D eigenvalue weighted by atomic mass is 16.7. The first-order valence-electron chi connectivity index (χ1n) is 18.3. The van der Waals surface area contributed by atoms with Gasteiger partial charge in [-0.25, -0.2) is 0 Å². The molecule has 17 nitrogen and oxygen atoms in total. The van der Waals surface area contributed by atoms with Crippen LogP contribution in [-0.4, -0.2) is 159 Å². The first kappa shape index (κ1) is 39.2. The van der Waals surface area contributed by atoms with Crippen LogP contribution in [0.3, 0.4) is 0 Å². The minimum absolute atomic E-state index is 0.0470. The number of nitrogens with zero attached hydrogens (tertiary/aromatic N) is 2. The number of amides is 1. The van der Waals surface area contributed by atoms with E-state index < -0.39 is 103 Å². The third-order valence-corrected chi connectivity index (χ3v) is 11.3. The molecule has 3 saturated heterocycles. The van der Waals surface area contributed by atoms with E-state index in [9.17, 15) is 34.5 Å². The summed E-state index contributed by atoms with van der Waals surface area (Å²) in [7, 11) is 6.23. The number of ether oxygens (including phenoxy) is 7. The van der Waals surface area contributed by atoms with Crippen molar-refractivity contribution in [1.29, 1.82) is 0 Å². The summed E-state index contributed by atoms with van der Waals surface area (Å²) < 4.78 is 41.2. The maximum atomic E-state index is 14.1. The summed E-state index contributed by atoms with van der Waals surface area (Å²) in [5, 5.41) is 38.9. The number of fused-ring (bicyclic) bond motifs is 6. The second kappa shape index (κ2) is 15.5. The van der Waals surface area contributed by atoms with Crippen molar-refractivity contribution in [1.82, 2.24) is 15.1 Å². The molecule has 7 rings (SSSR count). The van der Waals surface area contributed by atoms with Crippen LogP contribution in [0, 0.1) is 0 Å². The number of Topliss-reactive ketones (excluding diaryl/α,β-unsaturated/α-hetero) is 1. The van der Waals surface area contributed by atoms with Crippen molar-refractivity contribution in [2.75, 3.05) is 67.8 Å². The highest BCUT2D eigenvalue weighted by Crippen LogP contribution is 2.53. The molecule has 1 amide bonds. The lowest BCUT2D eigenvalue weighted by Gasteiger charge is -2.43. The molecule has 8 atom stereocenters. The molecule has 3 heterocycles. The molecule has 2 aliphatic carbocycles. The van der Waals surface area contributed by atoms with Gasteiger partial charge in [-0.15, -0.1) is 0 Å². The number of methoxy groups -OCH3 is 2. The fraction of sp³-hybridized carbons (Fsp3) is 0.579. The molecule has 2 aromatic rings. The molecule has 55 heavy (non-hydrogen) atoms. The zero-order valence-corrected chi connectivity index (χ0v) is 31.4. The number of carbonyl (C=O) groups is 4. The smallest absolute Gasteiger partial charge is 0.248 e. The zero-order valence-electron chi connectivity index (χ0n) is 31.4. The number of ketones is 3. The summed E-state index contributed by atoms with van der Waals surface area (Å²) in [5.74, 6) is -3.93. The lowest BCUT2D eigenvalue weighted by Crippen LogP contribution is -2.55. The van der Waals surface area contributed by atoms with E-state index in [4.69, 9.17) is 33.2 Å². The number of rotatable bonds is 12. The Morgan fingerprint density at radius 2 is 1.84 bits per heavy atom. The van der Waals surface area contributed by atoms with Crippen molar-refractivity contribution in [3.8, 4) is 17.2 Å². The van der Waals surface area contributed by atoms with Gasteiger partial charge >= 0.3 is 0 Å². The Bertz CT molecular complexity index is 1870. The molecule has 4 N–H and O–H groups in total. The van der Waals surface area contributed by atoms with Gasteiger partial charge in [-0.2, -0.15) is 0 Å². The van der Waals surface area contributed by atoms with Crippen molar-refractivity contribution in [2.45, 2.75) is 74.9 Å². The average Bonchev–Trinajstić information content (AvgIpc) is 3.56. The van der Waals surface area contributed by atoms with Crippen molar-refractivity contribution < 1.29 is 67.7 Å². The predicted octanol–water partition coefficient (Wildman–Crippen LogP) is 0.413. The molecule has 17 heteroatoms. The fourth-order valence-electron chi connectivity index (χ4n) is 8.42. The van der Waals surface area contributed by atoms with Crippen LogP contribution in [0.25, 0.3) is 0 Å². The molecule has 0 spiro atoms. The average molecular weight is 770 g/mol. The number of benzene rings is 2. The lowest BCUT2D eigenvalue weighted by molar-refractivity contribution is -0.256. The van der Waals surface area contributed by atoms with Gasteiger partial charge in [0.2, 0.25) is 11.7 Å². The molecule has 0 radical (unpaired) electrons. The van der Waals surface area contributed by atoms with E-state index in [-0.39, 0.29) is 52.5 Å². The molecule has 2 aromatic carbocycles. The fourth-order valence-corrected chi connectivity index (χ4v) is 8.42. The van der Waals surface area contributed by atoms with Crippen LogP contribution < -0.4 is 10.1 Å². The van der Waals surface area contributed by atoms with Crippen LogP contribution in [0.1, 0.15) is 68.8 Å². The van der Waals surface area contributed by atoms with Crippen molar-refractivity contribution in [3.63, 3.8) is 0 Å². The monoisotopic (exact) mass is 769 g/mol. The Balaban J connectivity index is 1.23. The molecule has 0 saturated carbocycles. The van der Waals surface area contributed by atoms with Crippen LogP contribution in [0.15, 0.2) is 18.2 Å². The quantitative estimate of drug-likeness (QED) is 0.184. The van der Waals surface area contributed by atoms with Gasteiger partial charge in [-0.3, -0.25) is 24.1 Å². The zero-order chi connectivity index (χ0) is 39.3. The summed E-state index contributed by atoms with van der Waals surface area (Å²) in [5.41, 5.74) is -3.53. The number of aromatic hydroxyl groups is 2. The number of nitrogens with one attached hydrogen (secondary N) is 1. The third kappa shape index (κ3) is 6.80. The van der Waals surface area contributed by atoms with Crippen molar-refractivity contribution in [3.05, 3.63) is 51.6 Å². The summed E-state index contributed by atoms with van der Waals surface area (Å²) in [6.07, 6.45) is -5.01. The van der Waals surface area contributed by atoms with E-state index in [2.05, 4.69) is 10.2 Å². The van der Waals surface area contributed by atoms with Gasteiger partial charge in [0, 0.05) is 75.8 Å². The van der Waals surface area contributed by atoms with Crippen LogP contribution >= 0.6 is 0 Å². The minimum atomic E-state index is -2.26. The maximum Gasteiger partial charge on any atom is 0.248 e. The second-order valence-electron chi connectivity index (χ2n) is 14.5. The van der Waals surface area contributed by atoms with Gasteiger partial charge in [-0.05, 0) is 20.0 Å². The number of hydrogen-bond acceptors (Lipinski definition) is 16. The number of carbonyl (C=O) groups excluding carboxylic acids is 4. The van der Waals surface area contributed by atoms with Crippen molar-refractivity contribution in [2.24, 2.45) is 0 Å². The van der Waals surface area contributed by atoms with Gasteiger partial charge in [0.1, 0.15) is 42.2 Å². The number of phenols is 2. The Kier molecular flexibility index (Phi) is 11.0. The van der Waals surface area contributed by atoms with E-state index in [0.29, 0.717) is 26.2 Å². The van der Waals surface area contributed by atoms with Gasteiger partial charge in [0.25, 0.3) is 0 Å². The largest absolute Gasteiger partial charge is 0.507 e. The first-order valence-corrected chi connectivity index (χ1v) is 18.3. The van der Waals surface area contributed by atoms with Crippen LogP contribution in [0.5, 0.6) is 17.2 Å². The highest BCUT2D eigenvalue weighted by molar-refractivity contribution is 6.31. The molecule has 298 valence electrons. The Morgan fingerprint density at radius 3 is 2.56 bits per heavy atom. The number of morpholine rings is 1. The number of phenolic OH excluding ortho intramolecular Hbond substituents is 2. The summed E-state index contributed by atoms with van der Waals surface area (Å²) in [4.78, 5) is 58.0. The molecule has 1 unspecified atom stereocenters. The minimum Gasteiger partial charge on any atom is -0.507 e. The van der Waals surface area contributed by atoms with E-state index >= 15 is 0 Å². The van der Waals surface area contributed by atoms with E-state index in [1.165, 1.54) is 37.3 Å². The second-order valence-corrected chi connectivity index (χ2v) is 14.5. The normalized spacial score (nSPS) is 29.8. The summed E-state index contributed by atoms with van der Waals surface area (Å²) in [6.45, 7) is 2.66. The molecule has 5 aliphatic rings. The number of aliphatic hydroxyl groups is 1. The highest BCUT2D eigenvalue weighted by Gasteiger charge is 2.55. The van der Waals surface area contributed by atoms with Gasteiger partial charge < -0.3 is 58.7 Å². The molecular formula is C38H47N3O14. The third-order valence-electron chi connectivity index (χ3n) is 11.3. The molecule has 3 fully saturated rings. The Morgan fingerprint density at radius 1 is 1.07 bits per heavy atom. The lowest BCUT2D eigenvalue weighted by atomic mass is 9.72. The molecular weight excluding hydrogens is 722 g/mol. The Labute approximate surface area is 317 Å². The van der Waals surface area contributed by atoms with Crippen molar-refractivity contribution >= 4 is 23.3 Å².